The zero-order valence-electron chi connectivity index (χ0n) is 14.5. The van der Waals surface area contributed by atoms with E-state index in [1.807, 2.05) is 18.2 Å². The summed E-state index contributed by atoms with van der Waals surface area (Å²) in [6.45, 7) is 1.08. The van der Waals surface area contributed by atoms with Gasteiger partial charge in [0.2, 0.25) is 0 Å². The Bertz CT molecular complexity index is 904. The largest absolute Gasteiger partial charge is 0.387 e. The van der Waals surface area contributed by atoms with Crippen molar-refractivity contribution in [3.05, 3.63) is 42.7 Å². The molecule has 0 radical (unpaired) electrons. The topological polar surface area (TPSA) is 144 Å². The van der Waals surface area contributed by atoms with Crippen molar-refractivity contribution in [2.75, 3.05) is 18.8 Å². The van der Waals surface area contributed by atoms with E-state index in [2.05, 4.69) is 25.3 Å². The van der Waals surface area contributed by atoms with Gasteiger partial charge in [0, 0.05) is 31.4 Å². The Morgan fingerprint density at radius 2 is 2.04 bits per heavy atom. The summed E-state index contributed by atoms with van der Waals surface area (Å²) in [6.07, 6.45) is 1.81. The fourth-order valence-corrected chi connectivity index (χ4v) is 3.19. The van der Waals surface area contributed by atoms with Gasteiger partial charge in [-0.3, -0.25) is 9.55 Å². The summed E-state index contributed by atoms with van der Waals surface area (Å²) in [7, 11) is 0. The molecule has 1 aliphatic heterocycles. The zero-order valence-corrected chi connectivity index (χ0v) is 14.5. The smallest absolute Gasteiger partial charge is 0.167 e. The van der Waals surface area contributed by atoms with Crippen LogP contribution in [0.2, 0.25) is 0 Å². The molecule has 0 unspecified atom stereocenters. The quantitative estimate of drug-likeness (QED) is 0.411. The number of anilines is 1. The summed E-state index contributed by atoms with van der Waals surface area (Å²) in [5.41, 5.74) is 7.65. The molecule has 3 aromatic heterocycles. The predicted molar refractivity (Wildman–Crippen MR) is 96.5 cm³/mol. The van der Waals surface area contributed by atoms with Crippen LogP contribution in [0.1, 0.15) is 11.9 Å². The molecule has 0 aliphatic carbocycles. The second-order valence-corrected chi connectivity index (χ2v) is 6.40. The van der Waals surface area contributed by atoms with Gasteiger partial charge >= 0.3 is 0 Å². The van der Waals surface area contributed by atoms with Crippen LogP contribution in [0.5, 0.6) is 0 Å². The van der Waals surface area contributed by atoms with E-state index in [1.54, 1.807) is 10.8 Å². The molecule has 1 fully saturated rings. The van der Waals surface area contributed by atoms with Gasteiger partial charge in [-0.05, 0) is 12.1 Å². The first-order valence-electron chi connectivity index (χ1n) is 8.70. The molecule has 10 nitrogen and oxygen atoms in total. The molecule has 3 aromatic rings. The van der Waals surface area contributed by atoms with Crippen molar-refractivity contribution >= 4 is 17.0 Å². The van der Waals surface area contributed by atoms with E-state index in [9.17, 15) is 10.2 Å². The summed E-state index contributed by atoms with van der Waals surface area (Å²) < 4.78 is 7.44. The van der Waals surface area contributed by atoms with Crippen molar-refractivity contribution in [3.8, 4) is 0 Å². The number of nitrogens with one attached hydrogen (secondary N) is 1. The first-order valence-corrected chi connectivity index (χ1v) is 8.70. The molecule has 1 aliphatic rings. The van der Waals surface area contributed by atoms with E-state index < -0.39 is 24.5 Å². The molecular formula is C17H21N7O3. The van der Waals surface area contributed by atoms with Gasteiger partial charge < -0.3 is 26.0 Å². The van der Waals surface area contributed by atoms with Crippen LogP contribution in [0, 0.1) is 0 Å². The van der Waals surface area contributed by atoms with Crippen LogP contribution in [0.25, 0.3) is 11.2 Å². The Morgan fingerprint density at radius 1 is 1.15 bits per heavy atom. The Labute approximate surface area is 155 Å². The van der Waals surface area contributed by atoms with Crippen LogP contribution in [0.15, 0.2) is 37.1 Å². The monoisotopic (exact) mass is 371 g/mol. The zero-order chi connectivity index (χ0) is 18.8. The molecule has 5 N–H and O–H groups in total. The Balaban J connectivity index is 1.39. The third kappa shape index (κ3) is 3.47. The Morgan fingerprint density at radius 3 is 2.85 bits per heavy atom. The van der Waals surface area contributed by atoms with E-state index in [-0.39, 0.29) is 5.82 Å². The number of pyridine rings is 1. The van der Waals surface area contributed by atoms with Crippen molar-refractivity contribution in [2.45, 2.75) is 31.0 Å². The van der Waals surface area contributed by atoms with Crippen LogP contribution in [0.3, 0.4) is 0 Å². The van der Waals surface area contributed by atoms with E-state index in [4.69, 9.17) is 10.5 Å². The van der Waals surface area contributed by atoms with Crippen LogP contribution < -0.4 is 11.1 Å². The molecule has 0 spiro atoms. The first kappa shape index (κ1) is 17.7. The fraction of sp³-hybridized carbons (Fsp3) is 0.412. The number of aromatic nitrogens is 5. The van der Waals surface area contributed by atoms with Crippen molar-refractivity contribution in [3.63, 3.8) is 0 Å². The van der Waals surface area contributed by atoms with Crippen LogP contribution in [-0.4, -0.2) is 66.1 Å². The predicted octanol–water partition coefficient (Wildman–Crippen LogP) is -0.745. The average Bonchev–Trinajstić information content (AvgIpc) is 3.23. The van der Waals surface area contributed by atoms with Crippen molar-refractivity contribution < 1.29 is 14.9 Å². The summed E-state index contributed by atoms with van der Waals surface area (Å²) in [6, 6.07) is 5.78. The number of nitrogen functional groups attached to an aromatic ring is 1. The fourth-order valence-electron chi connectivity index (χ4n) is 3.19. The molecule has 27 heavy (non-hydrogen) atoms. The minimum Gasteiger partial charge on any atom is -0.387 e. The molecular weight excluding hydrogens is 350 g/mol. The minimum absolute atomic E-state index is 0.250. The van der Waals surface area contributed by atoms with Gasteiger partial charge in [0.1, 0.15) is 30.2 Å². The second-order valence-electron chi connectivity index (χ2n) is 6.40. The number of fused-ring (bicyclic) bond motifs is 1. The lowest BCUT2D eigenvalue weighted by Crippen LogP contribution is -2.38. The summed E-state index contributed by atoms with van der Waals surface area (Å²) in [5.74, 6) is 0.250. The molecule has 0 bridgehead atoms. The molecule has 4 atom stereocenters. The van der Waals surface area contributed by atoms with Gasteiger partial charge in [0.15, 0.2) is 17.7 Å². The van der Waals surface area contributed by atoms with Crippen LogP contribution in [-0.2, 0) is 11.2 Å². The van der Waals surface area contributed by atoms with Crippen molar-refractivity contribution in [2.24, 2.45) is 0 Å². The van der Waals surface area contributed by atoms with E-state index in [1.165, 1.54) is 12.7 Å². The number of imidazole rings is 1. The molecule has 0 saturated carbocycles. The lowest BCUT2D eigenvalue weighted by molar-refractivity contribution is -0.0341. The summed E-state index contributed by atoms with van der Waals surface area (Å²) >= 11 is 0. The number of ether oxygens (including phenoxy) is 1. The number of hydrogen-bond donors (Lipinski definition) is 4. The number of rotatable bonds is 6. The molecule has 4 rings (SSSR count). The van der Waals surface area contributed by atoms with E-state index in [0.29, 0.717) is 24.3 Å². The van der Waals surface area contributed by atoms with Gasteiger partial charge in [0.05, 0.1) is 6.33 Å². The van der Waals surface area contributed by atoms with E-state index >= 15 is 0 Å². The normalized spacial score (nSPS) is 25.3. The highest BCUT2D eigenvalue weighted by molar-refractivity contribution is 5.81. The highest BCUT2D eigenvalue weighted by Gasteiger charge is 2.44. The lowest BCUT2D eigenvalue weighted by Gasteiger charge is -2.16. The standard InChI is InChI=1S/C17H21N7O3/c18-15-12-16(22-8-21-15)24(9-23-12)17-14(26)13(25)11(27-17)7-19-6-4-10-3-1-2-5-20-10/h1-3,5,8-9,11,13-14,17,19,25-26H,4,6-7H2,(H2,18,21,22)/t11-,13-,14-,17-/m1/s1. The molecule has 142 valence electrons. The second kappa shape index (κ2) is 7.53. The van der Waals surface area contributed by atoms with Crippen LogP contribution in [0.4, 0.5) is 5.82 Å². The minimum atomic E-state index is -1.11. The summed E-state index contributed by atoms with van der Waals surface area (Å²) in [5, 5.41) is 24.0. The highest BCUT2D eigenvalue weighted by Crippen LogP contribution is 2.31. The molecule has 1 saturated heterocycles. The third-order valence-electron chi connectivity index (χ3n) is 4.63. The number of nitrogens with two attached hydrogens (primary N) is 1. The number of aliphatic hydroxyl groups excluding tert-OH is 2. The van der Waals surface area contributed by atoms with Gasteiger partial charge in [0.25, 0.3) is 0 Å². The number of nitrogens with zero attached hydrogens (tertiary/aromatic N) is 5. The van der Waals surface area contributed by atoms with Gasteiger partial charge in [-0.15, -0.1) is 0 Å². The van der Waals surface area contributed by atoms with Gasteiger partial charge in [-0.25, -0.2) is 15.0 Å². The van der Waals surface area contributed by atoms with Gasteiger partial charge in [-0.2, -0.15) is 0 Å². The molecule has 0 amide bonds. The number of hydrogen-bond acceptors (Lipinski definition) is 9. The maximum absolute atomic E-state index is 10.4. The van der Waals surface area contributed by atoms with Crippen LogP contribution >= 0.6 is 0 Å². The lowest BCUT2D eigenvalue weighted by atomic mass is 10.1. The number of aliphatic hydroxyl groups is 2. The Hall–Kier alpha value is -2.66. The summed E-state index contributed by atoms with van der Waals surface area (Å²) in [4.78, 5) is 16.5. The van der Waals surface area contributed by atoms with Crippen molar-refractivity contribution in [1.82, 2.24) is 29.8 Å². The van der Waals surface area contributed by atoms with E-state index in [0.717, 1.165) is 12.1 Å². The maximum Gasteiger partial charge on any atom is 0.167 e. The SMILES string of the molecule is Nc1ncnc2c1ncn2[C@@H]1O[C@H](CNCCc2ccccn2)[C@@H](O)[C@H]1O. The first-order chi connectivity index (χ1) is 13.1. The molecule has 10 heteroatoms. The van der Waals surface area contributed by atoms with Crippen molar-refractivity contribution in [1.29, 1.82) is 0 Å². The third-order valence-corrected chi connectivity index (χ3v) is 4.63. The average molecular weight is 371 g/mol. The molecule has 4 heterocycles. The maximum atomic E-state index is 10.4. The highest BCUT2D eigenvalue weighted by atomic mass is 16.6. The molecule has 0 aromatic carbocycles. The Kier molecular flexibility index (Phi) is 4.94. The van der Waals surface area contributed by atoms with Gasteiger partial charge in [-0.1, -0.05) is 6.07 Å².